The van der Waals surface area contributed by atoms with E-state index >= 15 is 0 Å². The number of hydrogen-bond donors (Lipinski definition) is 0. The molecule has 0 fully saturated rings. The highest BCUT2D eigenvalue weighted by Gasteiger charge is 1.94. The zero-order chi connectivity index (χ0) is 8.10. The maximum absolute atomic E-state index is 6.82. The Hall–Kier alpha value is -1.73. The van der Waals surface area contributed by atoms with Gasteiger partial charge in [0.05, 0.1) is 6.57 Å². The second-order valence-electron chi connectivity index (χ2n) is 2.00. The van der Waals surface area contributed by atoms with E-state index in [4.69, 9.17) is 6.57 Å². The number of hydrogen-bond acceptors (Lipinski definition) is 0. The van der Waals surface area contributed by atoms with Gasteiger partial charge >= 0.3 is 0 Å². The van der Waals surface area contributed by atoms with Crippen molar-refractivity contribution in [1.29, 1.82) is 0 Å². The van der Waals surface area contributed by atoms with Crippen molar-refractivity contribution in [3.05, 3.63) is 41.2 Å². The molecule has 0 aliphatic heterocycles. The zero-order valence-corrected chi connectivity index (χ0v) is 6.26. The fraction of sp³-hybridized carbons (Fsp3) is 0.100. The Morgan fingerprint density at radius 2 is 2.09 bits per heavy atom. The first-order valence-electron chi connectivity index (χ1n) is 3.27. The van der Waals surface area contributed by atoms with Crippen LogP contribution in [0, 0.1) is 18.4 Å². The van der Waals surface area contributed by atoms with E-state index in [1.165, 1.54) is 0 Å². The van der Waals surface area contributed by atoms with Crippen molar-refractivity contribution in [3.8, 4) is 11.8 Å². The Balaban J connectivity index is 3.22. The average molecular weight is 141 g/mol. The monoisotopic (exact) mass is 141 g/mol. The van der Waals surface area contributed by atoms with Gasteiger partial charge in [-0.1, -0.05) is 30.2 Å². The smallest absolute Gasteiger partial charge is 0.202 e. The van der Waals surface area contributed by atoms with E-state index in [1.807, 2.05) is 18.2 Å². The molecule has 1 heteroatoms. The van der Waals surface area contributed by atoms with Crippen LogP contribution in [0.2, 0.25) is 0 Å². The Kier molecular flexibility index (Phi) is 2.31. The van der Waals surface area contributed by atoms with Gasteiger partial charge in [0.25, 0.3) is 0 Å². The van der Waals surface area contributed by atoms with Gasteiger partial charge in [0, 0.05) is 5.56 Å². The fourth-order valence-electron chi connectivity index (χ4n) is 0.812. The summed E-state index contributed by atoms with van der Waals surface area (Å²) in [6.45, 7) is 8.58. The van der Waals surface area contributed by atoms with E-state index in [1.54, 1.807) is 13.0 Å². The van der Waals surface area contributed by atoms with Crippen LogP contribution < -0.4 is 0 Å². The highest BCUT2D eigenvalue weighted by Crippen LogP contribution is 2.16. The lowest BCUT2D eigenvalue weighted by Gasteiger charge is -1.91. The lowest BCUT2D eigenvalue weighted by Crippen LogP contribution is -1.71. The van der Waals surface area contributed by atoms with Gasteiger partial charge < -0.3 is 0 Å². The SMILES string of the molecule is [C-]#[N+]c1ccccc1C#CC. The van der Waals surface area contributed by atoms with Crippen molar-refractivity contribution in [1.82, 2.24) is 0 Å². The van der Waals surface area contributed by atoms with Crippen LogP contribution in [0.4, 0.5) is 5.69 Å². The molecule has 0 aromatic heterocycles. The highest BCUT2D eigenvalue weighted by atomic mass is 14.6. The van der Waals surface area contributed by atoms with E-state index < -0.39 is 0 Å². The van der Waals surface area contributed by atoms with E-state index in [-0.39, 0.29) is 0 Å². The summed E-state index contributed by atoms with van der Waals surface area (Å²) in [5, 5.41) is 0. The molecule has 0 heterocycles. The molecular weight excluding hydrogens is 134 g/mol. The van der Waals surface area contributed by atoms with E-state index in [0.29, 0.717) is 5.69 Å². The van der Waals surface area contributed by atoms with Crippen molar-refractivity contribution < 1.29 is 0 Å². The maximum atomic E-state index is 6.82. The van der Waals surface area contributed by atoms with Crippen LogP contribution in [-0.4, -0.2) is 0 Å². The first-order chi connectivity index (χ1) is 5.38. The predicted molar refractivity (Wildman–Crippen MR) is 45.3 cm³/mol. The first-order valence-corrected chi connectivity index (χ1v) is 3.27. The summed E-state index contributed by atoms with van der Waals surface area (Å²) in [7, 11) is 0. The second kappa shape index (κ2) is 3.44. The van der Waals surface area contributed by atoms with Gasteiger partial charge in [0.1, 0.15) is 0 Å². The van der Waals surface area contributed by atoms with Crippen LogP contribution in [-0.2, 0) is 0 Å². The standard InChI is InChI=1S/C10H7N/c1-3-6-9-7-4-5-8-10(9)11-2/h4-5,7-8H,1H3. The van der Waals surface area contributed by atoms with Gasteiger partial charge in [0.15, 0.2) is 0 Å². The number of nitrogens with zero attached hydrogens (tertiary/aromatic N) is 1. The van der Waals surface area contributed by atoms with Gasteiger partial charge in [-0.2, -0.15) is 0 Å². The molecule has 1 aromatic rings. The normalized spacial score (nSPS) is 7.64. The topological polar surface area (TPSA) is 4.36 Å². The average Bonchev–Trinajstić information content (AvgIpc) is 2.06. The molecule has 11 heavy (non-hydrogen) atoms. The molecule has 0 saturated heterocycles. The van der Waals surface area contributed by atoms with Crippen LogP contribution in [0.1, 0.15) is 12.5 Å². The Labute approximate surface area is 66.5 Å². The fourth-order valence-corrected chi connectivity index (χ4v) is 0.812. The van der Waals surface area contributed by atoms with Crippen molar-refractivity contribution in [2.75, 3.05) is 0 Å². The minimum absolute atomic E-state index is 0.627. The van der Waals surface area contributed by atoms with E-state index in [0.717, 1.165) is 5.56 Å². The van der Waals surface area contributed by atoms with Gasteiger partial charge in [-0.05, 0) is 6.92 Å². The van der Waals surface area contributed by atoms with Gasteiger partial charge in [-0.15, -0.1) is 5.92 Å². The minimum Gasteiger partial charge on any atom is -0.237 e. The Bertz CT molecular complexity index is 347. The minimum atomic E-state index is 0.627. The molecule has 0 radical (unpaired) electrons. The number of para-hydroxylation sites is 1. The summed E-state index contributed by atoms with van der Waals surface area (Å²) >= 11 is 0. The van der Waals surface area contributed by atoms with Crippen molar-refractivity contribution in [2.45, 2.75) is 6.92 Å². The largest absolute Gasteiger partial charge is 0.237 e. The summed E-state index contributed by atoms with van der Waals surface area (Å²) in [5.41, 5.74) is 1.44. The number of benzene rings is 1. The molecule has 1 rings (SSSR count). The third kappa shape index (κ3) is 1.60. The number of rotatable bonds is 0. The van der Waals surface area contributed by atoms with Gasteiger partial charge in [-0.3, -0.25) is 0 Å². The summed E-state index contributed by atoms with van der Waals surface area (Å²) in [6.07, 6.45) is 0. The lowest BCUT2D eigenvalue weighted by molar-refractivity contribution is 1.65. The summed E-state index contributed by atoms with van der Waals surface area (Å²) in [4.78, 5) is 3.34. The van der Waals surface area contributed by atoms with Crippen molar-refractivity contribution in [2.24, 2.45) is 0 Å². The second-order valence-corrected chi connectivity index (χ2v) is 2.00. The van der Waals surface area contributed by atoms with Crippen molar-refractivity contribution in [3.63, 3.8) is 0 Å². The molecule has 0 spiro atoms. The van der Waals surface area contributed by atoms with Gasteiger partial charge in [-0.25, -0.2) is 4.85 Å². The van der Waals surface area contributed by atoms with Crippen molar-refractivity contribution >= 4 is 5.69 Å². The first kappa shape index (κ1) is 7.38. The zero-order valence-electron chi connectivity index (χ0n) is 6.26. The molecule has 0 N–H and O–H groups in total. The molecule has 1 aromatic carbocycles. The third-order valence-electron chi connectivity index (χ3n) is 1.28. The molecular formula is C10H7N. The molecule has 0 aliphatic rings. The van der Waals surface area contributed by atoms with E-state index in [9.17, 15) is 0 Å². The Morgan fingerprint density at radius 3 is 2.73 bits per heavy atom. The molecule has 0 bridgehead atoms. The molecule has 0 unspecified atom stereocenters. The maximum Gasteiger partial charge on any atom is 0.202 e. The van der Waals surface area contributed by atoms with Gasteiger partial charge in [0.2, 0.25) is 5.69 Å². The summed E-state index contributed by atoms with van der Waals surface area (Å²) in [5.74, 6) is 5.63. The molecule has 52 valence electrons. The van der Waals surface area contributed by atoms with E-state index in [2.05, 4.69) is 16.7 Å². The highest BCUT2D eigenvalue weighted by molar-refractivity contribution is 5.59. The van der Waals surface area contributed by atoms with Crippen LogP contribution in [0.3, 0.4) is 0 Å². The molecule has 0 amide bonds. The van der Waals surface area contributed by atoms with Crippen LogP contribution in [0.25, 0.3) is 4.85 Å². The molecule has 1 nitrogen and oxygen atoms in total. The van der Waals surface area contributed by atoms with Crippen LogP contribution in [0.15, 0.2) is 24.3 Å². The summed E-state index contributed by atoms with van der Waals surface area (Å²) < 4.78 is 0. The molecule has 0 aliphatic carbocycles. The van der Waals surface area contributed by atoms with Crippen LogP contribution >= 0.6 is 0 Å². The summed E-state index contributed by atoms with van der Waals surface area (Å²) in [6, 6.07) is 7.35. The molecule has 0 saturated carbocycles. The van der Waals surface area contributed by atoms with Crippen LogP contribution in [0.5, 0.6) is 0 Å². The predicted octanol–water partition coefficient (Wildman–Crippen LogP) is 2.61. The third-order valence-corrected chi connectivity index (χ3v) is 1.28. The Morgan fingerprint density at radius 1 is 1.36 bits per heavy atom. The lowest BCUT2D eigenvalue weighted by atomic mass is 10.2. The molecule has 0 atom stereocenters. The quantitative estimate of drug-likeness (QED) is 0.386.